The van der Waals surface area contributed by atoms with Crippen molar-refractivity contribution in [2.75, 3.05) is 19.7 Å². The van der Waals surface area contributed by atoms with Crippen LogP contribution in [0.15, 0.2) is 34.9 Å². The summed E-state index contributed by atoms with van der Waals surface area (Å²) in [5, 5.41) is 3.99. The molecule has 2 aromatic rings. The van der Waals surface area contributed by atoms with Gasteiger partial charge in [-0.3, -0.25) is 4.79 Å². The number of hydrogen-bond acceptors (Lipinski definition) is 4. The van der Waals surface area contributed by atoms with Crippen LogP contribution in [-0.4, -0.2) is 41.3 Å². The van der Waals surface area contributed by atoms with Crippen LogP contribution in [0.4, 0.5) is 0 Å². The van der Waals surface area contributed by atoms with Gasteiger partial charge in [0.1, 0.15) is 5.76 Å². The smallest absolute Gasteiger partial charge is 0.223 e. The standard InChI is InChI=1S/C23H29ClN2O3/c1-17-2-4-18(5-3-17)14-19-8-13-28-23(16-19)9-11-26(12-10-23)22(27)7-6-20-15-21(24)25-29-20/h2-5,15,19H,6-14,16H2,1H3. The molecule has 0 radical (unpaired) electrons. The Morgan fingerprint density at radius 3 is 2.72 bits per heavy atom. The van der Waals surface area contributed by atoms with Crippen LogP contribution >= 0.6 is 11.6 Å². The molecule has 6 heteroatoms. The number of rotatable bonds is 5. The summed E-state index contributed by atoms with van der Waals surface area (Å²) in [5.74, 6) is 1.48. The molecule has 3 heterocycles. The molecule has 1 atom stereocenters. The lowest BCUT2D eigenvalue weighted by Crippen LogP contribution is -2.51. The molecule has 2 aliphatic heterocycles. The molecule has 156 valence electrons. The molecular weight excluding hydrogens is 388 g/mol. The molecule has 1 unspecified atom stereocenters. The Labute approximate surface area is 177 Å². The second kappa shape index (κ2) is 8.88. The first-order valence-electron chi connectivity index (χ1n) is 10.6. The van der Waals surface area contributed by atoms with Crippen molar-refractivity contribution < 1.29 is 14.1 Å². The predicted molar refractivity (Wildman–Crippen MR) is 112 cm³/mol. The summed E-state index contributed by atoms with van der Waals surface area (Å²) < 4.78 is 11.4. The zero-order valence-electron chi connectivity index (χ0n) is 17.0. The van der Waals surface area contributed by atoms with Gasteiger partial charge in [-0.05, 0) is 50.5 Å². The van der Waals surface area contributed by atoms with Crippen LogP contribution in [0, 0.1) is 12.8 Å². The van der Waals surface area contributed by atoms with E-state index in [1.54, 1.807) is 6.07 Å². The highest BCUT2D eigenvalue weighted by Crippen LogP contribution is 2.39. The first-order chi connectivity index (χ1) is 14.0. The van der Waals surface area contributed by atoms with Crippen molar-refractivity contribution in [2.24, 2.45) is 5.92 Å². The fraction of sp³-hybridized carbons (Fsp3) is 0.565. The van der Waals surface area contributed by atoms with Gasteiger partial charge in [0.25, 0.3) is 0 Å². The van der Waals surface area contributed by atoms with E-state index >= 15 is 0 Å². The van der Waals surface area contributed by atoms with Crippen LogP contribution in [-0.2, 0) is 22.4 Å². The van der Waals surface area contributed by atoms with Crippen LogP contribution < -0.4 is 0 Å². The fourth-order valence-electron chi connectivity index (χ4n) is 4.67. The maximum absolute atomic E-state index is 12.6. The number of benzene rings is 1. The number of carbonyl (C=O) groups is 1. The molecule has 1 aromatic carbocycles. The number of halogens is 1. The van der Waals surface area contributed by atoms with E-state index in [9.17, 15) is 4.79 Å². The number of aromatic nitrogens is 1. The number of nitrogens with zero attached hydrogens (tertiary/aromatic N) is 2. The zero-order valence-corrected chi connectivity index (χ0v) is 17.8. The molecule has 1 aromatic heterocycles. The lowest BCUT2D eigenvalue weighted by molar-refractivity contribution is -0.147. The summed E-state index contributed by atoms with van der Waals surface area (Å²) >= 11 is 5.76. The Morgan fingerprint density at radius 1 is 1.28 bits per heavy atom. The van der Waals surface area contributed by atoms with Crippen molar-refractivity contribution in [3.63, 3.8) is 0 Å². The molecule has 4 rings (SSSR count). The van der Waals surface area contributed by atoms with Crippen molar-refractivity contribution in [3.05, 3.63) is 52.4 Å². The minimum Gasteiger partial charge on any atom is -0.375 e. The van der Waals surface area contributed by atoms with Gasteiger partial charge in [0.15, 0.2) is 5.15 Å². The van der Waals surface area contributed by atoms with Gasteiger partial charge in [0, 0.05) is 38.6 Å². The summed E-state index contributed by atoms with van der Waals surface area (Å²) in [6.45, 7) is 4.50. The maximum atomic E-state index is 12.6. The van der Waals surface area contributed by atoms with Crippen LogP contribution in [0.2, 0.25) is 5.15 Å². The summed E-state index contributed by atoms with van der Waals surface area (Å²) in [6.07, 6.45) is 6.16. The molecule has 0 aliphatic carbocycles. The van der Waals surface area contributed by atoms with Crippen molar-refractivity contribution in [2.45, 2.75) is 57.5 Å². The first-order valence-corrected chi connectivity index (χ1v) is 11.0. The summed E-state index contributed by atoms with van der Waals surface area (Å²) in [7, 11) is 0. The molecule has 0 saturated carbocycles. The van der Waals surface area contributed by atoms with Gasteiger partial charge in [0.2, 0.25) is 5.91 Å². The Morgan fingerprint density at radius 2 is 2.03 bits per heavy atom. The van der Waals surface area contributed by atoms with Gasteiger partial charge in [0.05, 0.1) is 5.60 Å². The summed E-state index contributed by atoms with van der Waals surface area (Å²) in [5.41, 5.74) is 2.67. The average Bonchev–Trinajstić information content (AvgIpc) is 3.14. The molecular formula is C23H29ClN2O3. The molecule has 0 bridgehead atoms. The summed E-state index contributed by atoms with van der Waals surface area (Å²) in [6, 6.07) is 10.6. The lowest BCUT2D eigenvalue weighted by atomic mass is 9.77. The van der Waals surface area contributed by atoms with Crippen LogP contribution in [0.1, 0.15) is 49.0 Å². The van der Waals surface area contributed by atoms with Gasteiger partial charge < -0.3 is 14.2 Å². The van der Waals surface area contributed by atoms with Crippen molar-refractivity contribution in [1.82, 2.24) is 10.1 Å². The Balaban J connectivity index is 1.27. The third-order valence-electron chi connectivity index (χ3n) is 6.38. The van der Waals surface area contributed by atoms with E-state index in [1.165, 1.54) is 11.1 Å². The quantitative estimate of drug-likeness (QED) is 0.714. The molecule has 1 spiro atoms. The van der Waals surface area contributed by atoms with E-state index in [0.29, 0.717) is 29.7 Å². The fourth-order valence-corrected chi connectivity index (χ4v) is 4.82. The van der Waals surface area contributed by atoms with E-state index in [4.69, 9.17) is 20.9 Å². The molecule has 2 saturated heterocycles. The number of aryl methyl sites for hydroxylation is 2. The minimum atomic E-state index is -0.0527. The second-order valence-corrected chi connectivity index (χ2v) is 8.96. The van der Waals surface area contributed by atoms with Crippen molar-refractivity contribution in [3.8, 4) is 0 Å². The number of likely N-dealkylation sites (tertiary alicyclic amines) is 1. The number of ether oxygens (including phenoxy) is 1. The van der Waals surface area contributed by atoms with Crippen molar-refractivity contribution >= 4 is 17.5 Å². The van der Waals surface area contributed by atoms with Gasteiger partial charge >= 0.3 is 0 Å². The molecule has 2 fully saturated rings. The number of amides is 1. The van der Waals surface area contributed by atoms with E-state index in [-0.39, 0.29) is 11.5 Å². The van der Waals surface area contributed by atoms with E-state index in [2.05, 4.69) is 36.3 Å². The highest BCUT2D eigenvalue weighted by Gasteiger charge is 2.41. The third kappa shape index (κ3) is 5.20. The average molecular weight is 417 g/mol. The summed E-state index contributed by atoms with van der Waals surface area (Å²) in [4.78, 5) is 14.5. The Bertz CT molecular complexity index is 825. The third-order valence-corrected chi connectivity index (χ3v) is 6.56. The monoisotopic (exact) mass is 416 g/mol. The molecule has 1 amide bonds. The highest BCUT2D eigenvalue weighted by molar-refractivity contribution is 6.29. The van der Waals surface area contributed by atoms with E-state index in [1.807, 2.05) is 4.90 Å². The Kier molecular flexibility index (Phi) is 6.26. The van der Waals surface area contributed by atoms with Crippen molar-refractivity contribution in [1.29, 1.82) is 0 Å². The Hall–Kier alpha value is -1.85. The molecule has 29 heavy (non-hydrogen) atoms. The molecule has 0 N–H and O–H groups in total. The van der Waals surface area contributed by atoms with Crippen LogP contribution in [0.25, 0.3) is 0 Å². The minimum absolute atomic E-state index is 0.0527. The second-order valence-electron chi connectivity index (χ2n) is 8.58. The van der Waals surface area contributed by atoms with Gasteiger partial charge in [-0.15, -0.1) is 0 Å². The number of hydrogen-bond donors (Lipinski definition) is 0. The van der Waals surface area contributed by atoms with E-state index < -0.39 is 0 Å². The van der Waals surface area contributed by atoms with Crippen LogP contribution in [0.3, 0.4) is 0 Å². The molecule has 5 nitrogen and oxygen atoms in total. The van der Waals surface area contributed by atoms with E-state index in [0.717, 1.165) is 51.8 Å². The SMILES string of the molecule is Cc1ccc(CC2CCOC3(CCN(C(=O)CCc4cc(Cl)no4)CC3)C2)cc1. The van der Waals surface area contributed by atoms with Gasteiger partial charge in [-0.2, -0.15) is 0 Å². The maximum Gasteiger partial charge on any atom is 0.223 e. The number of piperidine rings is 1. The first kappa shape index (κ1) is 20.4. The lowest BCUT2D eigenvalue weighted by Gasteiger charge is -2.46. The zero-order chi connectivity index (χ0) is 20.3. The topological polar surface area (TPSA) is 55.6 Å². The molecule has 2 aliphatic rings. The largest absolute Gasteiger partial charge is 0.375 e. The van der Waals surface area contributed by atoms with Gasteiger partial charge in [-0.25, -0.2) is 0 Å². The highest BCUT2D eigenvalue weighted by atomic mass is 35.5. The number of carbonyl (C=O) groups excluding carboxylic acids is 1. The normalized spacial score (nSPS) is 21.4. The predicted octanol–water partition coefficient (Wildman–Crippen LogP) is 4.60. The van der Waals surface area contributed by atoms with Crippen LogP contribution in [0.5, 0.6) is 0 Å². The van der Waals surface area contributed by atoms with Gasteiger partial charge in [-0.1, -0.05) is 46.6 Å².